The number of ketones is 2. The van der Waals surface area contributed by atoms with Crippen molar-refractivity contribution >= 4 is 88.7 Å². The highest BCUT2D eigenvalue weighted by Crippen LogP contribution is 2.60. The van der Waals surface area contributed by atoms with E-state index < -0.39 is 171 Å². The van der Waals surface area contributed by atoms with Gasteiger partial charge in [-0.2, -0.15) is 0 Å². The van der Waals surface area contributed by atoms with Gasteiger partial charge in [0.1, 0.15) is 23.7 Å². The van der Waals surface area contributed by atoms with Crippen LogP contribution in [0, 0.1) is 58.2 Å². The van der Waals surface area contributed by atoms with Crippen LogP contribution in [0.1, 0.15) is 223 Å². The lowest BCUT2D eigenvalue weighted by atomic mass is 9.82. The minimum absolute atomic E-state index is 0.0414. The number of carbonyl (C=O) groups is 8. The van der Waals surface area contributed by atoms with E-state index >= 15 is 0 Å². The van der Waals surface area contributed by atoms with E-state index in [4.69, 9.17) is 38.4 Å². The Bertz CT molecular complexity index is 4600. The van der Waals surface area contributed by atoms with E-state index in [9.17, 15) is 72.8 Å². The number of pyridine rings is 2. The number of hydrogen-bond donors (Lipinski definition) is 2. The summed E-state index contributed by atoms with van der Waals surface area (Å²) in [5, 5.41) is 3.04. The van der Waals surface area contributed by atoms with Gasteiger partial charge in [0.05, 0.1) is 94.8 Å². The Balaban J connectivity index is 0.000000205. The number of esters is 2. The Labute approximate surface area is 688 Å². The quantitative estimate of drug-likeness (QED) is 0.0531. The average molecular weight is 1680 g/mol. The predicted octanol–water partition coefficient (Wildman–Crippen LogP) is 13.7. The number of sulfonamides is 2. The van der Waals surface area contributed by atoms with Crippen molar-refractivity contribution in [3.8, 4) is 23.3 Å². The Morgan fingerprint density at radius 2 is 0.898 bits per heavy atom. The summed E-state index contributed by atoms with van der Waals surface area (Å²) < 4.78 is 149. The number of Topliss-reactive ketones (excluding diaryl/α,β-unsaturated/α-hetero) is 2. The number of ether oxygens (including phenoxy) is 6. The third-order valence-electron chi connectivity index (χ3n) is 27.2. The van der Waals surface area contributed by atoms with Crippen LogP contribution in [0.25, 0.3) is 21.5 Å². The van der Waals surface area contributed by atoms with E-state index in [2.05, 4.69) is 9.44 Å². The zero-order valence-corrected chi connectivity index (χ0v) is 71.3. The molecule has 14 atom stereocenters. The molecule has 6 aliphatic heterocycles. The number of allylic oxidation sites excluding steroid dienone is 4. The summed E-state index contributed by atoms with van der Waals surface area (Å²) in [6.45, 7) is 17.8. The molecular weight excluding hydrogens is 1570 g/mol. The number of nitrogens with zero attached hydrogens (tertiary/aromatic N) is 4. The zero-order chi connectivity index (χ0) is 85.4. The second-order valence-electron chi connectivity index (χ2n) is 37.3. The SMILES string of the molecule is C[C@@H]1CC/C=C\[C@@H]2C[C@@]2(C(=O)NS(=O)(=O)C2(C)CC2)CC(=O)[C@@H]2C[C@@H](Oc3nc4c(c5ccccc35)OCCC4)CN2C(=O)C(CC(=O)OC(C)(C)C(C)(F)F)[C@H](C)C1.C[C@H]1CC/C=C\[C@@H]2C[C@@]2(C(=O)NS(=O)(=O)C2(C)CC2)CC(=O)[C@@H]2C[C@@H](Oc3nc4c(c5ccccc35)OCCC4)CN2C(=O)C(CC(=O)OC(C)(C)C(C)(F)F)[C@H](C)C1. The van der Waals surface area contributed by atoms with E-state index in [0.29, 0.717) is 138 Å². The molecule has 30 heteroatoms. The summed E-state index contributed by atoms with van der Waals surface area (Å²) in [6, 6.07) is 12.9. The smallest absolute Gasteiger partial charge is 0.307 e. The number of aryl methyl sites for hydroxylation is 2. The number of alkyl halides is 4. The molecule has 10 aliphatic rings. The molecule has 2 saturated heterocycles. The summed E-state index contributed by atoms with van der Waals surface area (Å²) in [5.74, 6) is -13.5. The highest BCUT2D eigenvalue weighted by atomic mass is 32.2. The molecule has 0 bridgehead atoms. The fourth-order valence-electron chi connectivity index (χ4n) is 17.9. The highest BCUT2D eigenvalue weighted by Gasteiger charge is 2.65. The lowest BCUT2D eigenvalue weighted by molar-refractivity contribution is -0.197. The van der Waals surface area contributed by atoms with Crippen molar-refractivity contribution in [2.75, 3.05) is 26.3 Å². The molecule has 2 N–H and O–H groups in total. The van der Waals surface area contributed by atoms with Crippen LogP contribution < -0.4 is 28.4 Å². The van der Waals surface area contributed by atoms with Crippen molar-refractivity contribution in [1.29, 1.82) is 0 Å². The van der Waals surface area contributed by atoms with E-state index in [-0.39, 0.29) is 75.3 Å². The van der Waals surface area contributed by atoms with Crippen molar-refractivity contribution in [3.05, 3.63) is 84.2 Å². The minimum Gasteiger partial charge on any atom is -0.491 e. The van der Waals surface area contributed by atoms with Gasteiger partial charge in [-0.05, 0) is 192 Å². The first-order valence-electron chi connectivity index (χ1n) is 42.0. The fraction of sp³-hybridized carbons (Fsp3) is 0.659. The van der Waals surface area contributed by atoms with Crippen molar-refractivity contribution in [1.82, 2.24) is 29.2 Å². The van der Waals surface area contributed by atoms with E-state index in [0.717, 1.165) is 62.7 Å². The first-order chi connectivity index (χ1) is 55.3. The second-order valence-corrected chi connectivity index (χ2v) is 41.7. The molecule has 644 valence electrons. The fourth-order valence-corrected chi connectivity index (χ4v) is 20.5. The first kappa shape index (κ1) is 87.5. The van der Waals surface area contributed by atoms with Crippen LogP contribution in [0.15, 0.2) is 72.8 Å². The number of hydrogen-bond acceptors (Lipinski definition) is 20. The summed E-state index contributed by atoms with van der Waals surface area (Å²) in [6.07, 6.45) is 13.6. The largest absolute Gasteiger partial charge is 0.491 e. The van der Waals surface area contributed by atoms with Gasteiger partial charge in [0.2, 0.25) is 55.4 Å². The molecule has 8 heterocycles. The standard InChI is InChI=1S/2C44H57F2N3O9S/c2*1-26-12-7-8-13-28-23-44(28,40(53)48-59(54,55)42(5)17-18-42)24-35(50)34-21-29(57-38-31-15-10-9-14-30(31)37-33(47-38)16-11-19-56-37)25-49(34)39(52)32(27(2)20-26)22-36(51)58-41(3,4)43(6,45)46/h2*8-10,13-15,26-29,32,34H,7,11-12,16-25H2,1-6H3,(H,48,53)/b2*13-8-/t26-,27+,28+,29+,32?,34-,44+;26-,27-,28-,29-,32?,34+,44-/m01/s1. The van der Waals surface area contributed by atoms with E-state index in [1.807, 2.05) is 101 Å². The number of halogens is 4. The van der Waals surface area contributed by atoms with Crippen LogP contribution in [0.4, 0.5) is 17.6 Å². The van der Waals surface area contributed by atoms with Crippen LogP contribution >= 0.6 is 0 Å². The maximum atomic E-state index is 15.0. The maximum Gasteiger partial charge on any atom is 0.307 e. The van der Waals surface area contributed by atoms with Gasteiger partial charge in [-0.15, -0.1) is 0 Å². The normalized spacial score (nSPS) is 30.4. The highest BCUT2D eigenvalue weighted by molar-refractivity contribution is 7.92. The number of aromatic nitrogens is 2. The zero-order valence-electron chi connectivity index (χ0n) is 69.7. The van der Waals surface area contributed by atoms with Gasteiger partial charge in [0, 0.05) is 61.1 Å². The Morgan fingerprint density at radius 3 is 1.25 bits per heavy atom. The van der Waals surface area contributed by atoms with E-state index in [1.165, 1.54) is 9.80 Å². The molecule has 2 aromatic heterocycles. The Hall–Kier alpha value is -8.28. The van der Waals surface area contributed by atoms with Crippen LogP contribution in [0.5, 0.6) is 23.3 Å². The van der Waals surface area contributed by atoms with Gasteiger partial charge in [0.15, 0.2) is 22.8 Å². The number of carbonyl (C=O) groups excluding carboxylic acids is 8. The summed E-state index contributed by atoms with van der Waals surface area (Å²) in [5.41, 5.74) is -5.48. The van der Waals surface area contributed by atoms with Gasteiger partial charge in [-0.25, -0.2) is 44.4 Å². The molecule has 2 aromatic carbocycles. The maximum absolute atomic E-state index is 15.0. The number of benzene rings is 2. The molecule has 4 aliphatic carbocycles. The lowest BCUT2D eigenvalue weighted by Gasteiger charge is -2.34. The van der Waals surface area contributed by atoms with Gasteiger partial charge in [-0.3, -0.25) is 47.8 Å². The average Bonchev–Trinajstić information content (AvgIpc) is 1.57. The topological polar surface area (TPSA) is 317 Å². The Morgan fingerprint density at radius 1 is 0.542 bits per heavy atom. The summed E-state index contributed by atoms with van der Waals surface area (Å²) >= 11 is 0. The first-order valence-corrected chi connectivity index (χ1v) is 45.0. The molecule has 0 radical (unpaired) electrons. The molecule has 4 aromatic rings. The number of fused-ring (bicyclic) bond motifs is 10. The molecule has 4 amide bonds. The van der Waals surface area contributed by atoms with Crippen molar-refractivity contribution < 1.29 is 101 Å². The van der Waals surface area contributed by atoms with E-state index in [1.54, 1.807) is 13.8 Å². The molecule has 24 nitrogen and oxygen atoms in total. The van der Waals surface area contributed by atoms with Crippen LogP contribution in [-0.2, 0) is 80.7 Å². The molecule has 4 saturated carbocycles. The molecule has 118 heavy (non-hydrogen) atoms. The molecule has 6 fully saturated rings. The van der Waals surface area contributed by atoms with Crippen molar-refractivity contribution in [2.24, 2.45) is 58.2 Å². The lowest BCUT2D eigenvalue weighted by Crippen LogP contribution is -2.49. The van der Waals surface area contributed by atoms with Gasteiger partial charge >= 0.3 is 11.9 Å². The van der Waals surface area contributed by atoms with Crippen molar-refractivity contribution in [2.45, 2.75) is 281 Å². The van der Waals surface area contributed by atoms with Crippen LogP contribution in [0.2, 0.25) is 0 Å². The van der Waals surface area contributed by atoms with Gasteiger partial charge in [-0.1, -0.05) is 88.4 Å². The second kappa shape index (κ2) is 32.9. The third kappa shape index (κ3) is 18.2. The third-order valence-corrected chi connectivity index (χ3v) is 31.5. The number of amides is 4. The monoisotopic (exact) mass is 1680 g/mol. The number of nitrogens with one attached hydrogen (secondary N) is 2. The summed E-state index contributed by atoms with van der Waals surface area (Å²) in [7, 11) is -8.01. The van der Waals surface area contributed by atoms with Crippen LogP contribution in [0.3, 0.4) is 0 Å². The Kier molecular flexibility index (Phi) is 24.4. The van der Waals surface area contributed by atoms with Crippen molar-refractivity contribution in [3.63, 3.8) is 0 Å². The molecule has 0 spiro atoms. The molecular formula is C88H114F4N6O18S2. The number of rotatable bonds is 18. The van der Waals surface area contributed by atoms with Gasteiger partial charge in [0.25, 0.3) is 11.8 Å². The molecule has 2 unspecified atom stereocenters. The molecule has 14 rings (SSSR count). The minimum atomic E-state index is -4.01. The summed E-state index contributed by atoms with van der Waals surface area (Å²) in [4.78, 5) is 127. The predicted molar refractivity (Wildman–Crippen MR) is 430 cm³/mol. The van der Waals surface area contributed by atoms with Gasteiger partial charge < -0.3 is 38.2 Å². The van der Waals surface area contributed by atoms with Crippen LogP contribution in [-0.4, -0.2) is 167 Å².